The van der Waals surface area contributed by atoms with Gasteiger partial charge in [-0.25, -0.2) is 0 Å². The van der Waals surface area contributed by atoms with Gasteiger partial charge < -0.3 is 0 Å². The third-order valence-electron chi connectivity index (χ3n) is 1.72. The zero-order valence-electron chi connectivity index (χ0n) is 6.98. The standard InChI is InChI=1S/C8H19P/c1-4-7-8-9(5-2)6-3/h4-8H2,1-3H3. The first-order chi connectivity index (χ1) is 4.35. The molecule has 0 saturated carbocycles. The molecule has 0 atom stereocenters. The molecule has 0 N–H and O–H groups in total. The van der Waals surface area contributed by atoms with Crippen molar-refractivity contribution in [2.24, 2.45) is 0 Å². The molecule has 0 spiro atoms. The van der Waals surface area contributed by atoms with Gasteiger partial charge in [0.05, 0.1) is 0 Å². The predicted molar refractivity (Wildman–Crippen MR) is 47.8 cm³/mol. The molecule has 0 aliphatic heterocycles. The van der Waals surface area contributed by atoms with E-state index in [1.54, 1.807) is 0 Å². The van der Waals surface area contributed by atoms with E-state index in [2.05, 4.69) is 20.8 Å². The van der Waals surface area contributed by atoms with Crippen LogP contribution in [0.5, 0.6) is 0 Å². The van der Waals surface area contributed by atoms with Gasteiger partial charge in [0.2, 0.25) is 0 Å². The number of hydrogen-bond acceptors (Lipinski definition) is 0. The average Bonchev–Trinajstić information content (AvgIpc) is 1.91. The fourth-order valence-electron chi connectivity index (χ4n) is 0.922. The predicted octanol–water partition coefficient (Wildman–Crippen LogP) is 3.31. The van der Waals surface area contributed by atoms with Crippen molar-refractivity contribution in [1.82, 2.24) is 0 Å². The molecule has 0 aromatic carbocycles. The second-order valence-corrected chi connectivity index (χ2v) is 5.43. The highest BCUT2D eigenvalue weighted by Crippen LogP contribution is 2.34. The molecule has 0 aliphatic carbocycles. The van der Waals surface area contributed by atoms with Crippen LogP contribution in [0.2, 0.25) is 0 Å². The van der Waals surface area contributed by atoms with Crippen molar-refractivity contribution in [2.75, 3.05) is 18.5 Å². The summed E-state index contributed by atoms with van der Waals surface area (Å²) in [7, 11) is 0.438. The second kappa shape index (κ2) is 6.55. The fraction of sp³-hybridized carbons (Fsp3) is 1.00. The van der Waals surface area contributed by atoms with E-state index in [1.165, 1.54) is 31.3 Å². The van der Waals surface area contributed by atoms with Crippen molar-refractivity contribution in [3.05, 3.63) is 0 Å². The Morgan fingerprint density at radius 3 is 1.89 bits per heavy atom. The molecule has 56 valence electrons. The third-order valence-corrected chi connectivity index (χ3v) is 4.46. The van der Waals surface area contributed by atoms with Crippen LogP contribution in [-0.4, -0.2) is 18.5 Å². The third kappa shape index (κ3) is 4.90. The van der Waals surface area contributed by atoms with Crippen molar-refractivity contribution in [1.29, 1.82) is 0 Å². The summed E-state index contributed by atoms with van der Waals surface area (Å²) < 4.78 is 0. The molecule has 0 bridgehead atoms. The normalized spacial score (nSPS) is 10.7. The molecular weight excluding hydrogens is 127 g/mol. The van der Waals surface area contributed by atoms with Gasteiger partial charge in [-0.3, -0.25) is 0 Å². The Balaban J connectivity index is 3.09. The van der Waals surface area contributed by atoms with Gasteiger partial charge >= 0.3 is 0 Å². The van der Waals surface area contributed by atoms with E-state index < -0.39 is 0 Å². The van der Waals surface area contributed by atoms with Crippen molar-refractivity contribution in [3.63, 3.8) is 0 Å². The highest BCUT2D eigenvalue weighted by atomic mass is 31.1. The van der Waals surface area contributed by atoms with Gasteiger partial charge in [0.1, 0.15) is 0 Å². The lowest BCUT2D eigenvalue weighted by molar-refractivity contribution is 0.889. The summed E-state index contributed by atoms with van der Waals surface area (Å²) in [6, 6.07) is 0. The minimum Gasteiger partial charge on any atom is -0.107 e. The van der Waals surface area contributed by atoms with Gasteiger partial charge in [0, 0.05) is 0 Å². The lowest BCUT2D eigenvalue weighted by Gasteiger charge is -2.10. The van der Waals surface area contributed by atoms with E-state index in [-0.39, 0.29) is 0 Å². The molecule has 9 heavy (non-hydrogen) atoms. The Bertz CT molecular complexity index is 48.5. The van der Waals surface area contributed by atoms with Gasteiger partial charge in [0.25, 0.3) is 0 Å². The Hall–Kier alpha value is 0.430. The maximum atomic E-state index is 2.32. The minimum absolute atomic E-state index is 0.438. The van der Waals surface area contributed by atoms with Gasteiger partial charge in [0.15, 0.2) is 0 Å². The molecule has 0 radical (unpaired) electrons. The molecule has 0 aromatic rings. The van der Waals surface area contributed by atoms with Crippen LogP contribution in [0.25, 0.3) is 0 Å². The van der Waals surface area contributed by atoms with Crippen molar-refractivity contribution in [2.45, 2.75) is 33.6 Å². The van der Waals surface area contributed by atoms with Crippen LogP contribution in [0.4, 0.5) is 0 Å². The molecule has 0 aromatic heterocycles. The fourth-order valence-corrected chi connectivity index (χ4v) is 2.76. The summed E-state index contributed by atoms with van der Waals surface area (Å²) >= 11 is 0. The summed E-state index contributed by atoms with van der Waals surface area (Å²) in [4.78, 5) is 0. The number of unbranched alkanes of at least 4 members (excludes halogenated alkanes) is 1. The van der Waals surface area contributed by atoms with E-state index in [1.807, 2.05) is 0 Å². The minimum atomic E-state index is 0.438. The molecule has 0 fully saturated rings. The lowest BCUT2D eigenvalue weighted by Crippen LogP contribution is -1.88. The van der Waals surface area contributed by atoms with Crippen LogP contribution in [0.1, 0.15) is 33.6 Å². The summed E-state index contributed by atoms with van der Waals surface area (Å²) in [6.45, 7) is 6.93. The van der Waals surface area contributed by atoms with Gasteiger partial charge in [-0.2, -0.15) is 0 Å². The summed E-state index contributed by atoms with van der Waals surface area (Å²) in [5, 5.41) is 0. The van der Waals surface area contributed by atoms with Gasteiger partial charge in [-0.1, -0.05) is 27.2 Å². The summed E-state index contributed by atoms with van der Waals surface area (Å²) in [5.74, 6) is 0. The molecule has 1 heteroatoms. The first kappa shape index (κ1) is 9.43. The number of rotatable bonds is 5. The average molecular weight is 146 g/mol. The Morgan fingerprint density at radius 1 is 1.00 bits per heavy atom. The molecule has 0 aliphatic rings. The summed E-state index contributed by atoms with van der Waals surface area (Å²) in [6.07, 6.45) is 7.21. The number of hydrogen-bond donors (Lipinski definition) is 0. The Kier molecular flexibility index (Phi) is 6.86. The van der Waals surface area contributed by atoms with Crippen LogP contribution >= 0.6 is 7.92 Å². The molecule has 0 rings (SSSR count). The van der Waals surface area contributed by atoms with Gasteiger partial charge in [-0.05, 0) is 24.9 Å². The Morgan fingerprint density at radius 2 is 1.56 bits per heavy atom. The van der Waals surface area contributed by atoms with Crippen LogP contribution in [0, 0.1) is 0 Å². The van der Waals surface area contributed by atoms with Crippen molar-refractivity contribution >= 4 is 7.92 Å². The van der Waals surface area contributed by atoms with Crippen molar-refractivity contribution < 1.29 is 0 Å². The first-order valence-electron chi connectivity index (χ1n) is 4.07. The molecule has 0 amide bonds. The maximum Gasteiger partial charge on any atom is -0.0326 e. The quantitative estimate of drug-likeness (QED) is 0.522. The molecule has 0 heterocycles. The van der Waals surface area contributed by atoms with Crippen LogP contribution in [0.3, 0.4) is 0 Å². The van der Waals surface area contributed by atoms with E-state index in [0.29, 0.717) is 7.92 Å². The van der Waals surface area contributed by atoms with E-state index >= 15 is 0 Å². The molecule has 0 saturated heterocycles. The largest absolute Gasteiger partial charge is 0.107 e. The van der Waals surface area contributed by atoms with E-state index in [9.17, 15) is 0 Å². The monoisotopic (exact) mass is 146 g/mol. The summed E-state index contributed by atoms with van der Waals surface area (Å²) in [5.41, 5.74) is 0. The first-order valence-corrected chi connectivity index (χ1v) is 5.97. The molecule has 0 nitrogen and oxygen atoms in total. The zero-order chi connectivity index (χ0) is 7.11. The van der Waals surface area contributed by atoms with Crippen LogP contribution in [-0.2, 0) is 0 Å². The molecule has 0 unspecified atom stereocenters. The maximum absolute atomic E-state index is 2.32. The highest BCUT2D eigenvalue weighted by molar-refractivity contribution is 7.57. The van der Waals surface area contributed by atoms with Gasteiger partial charge in [-0.15, -0.1) is 7.92 Å². The van der Waals surface area contributed by atoms with Crippen LogP contribution < -0.4 is 0 Å². The van der Waals surface area contributed by atoms with Crippen LogP contribution in [0.15, 0.2) is 0 Å². The molecular formula is C8H19P. The van der Waals surface area contributed by atoms with Crippen molar-refractivity contribution in [3.8, 4) is 0 Å². The SMILES string of the molecule is CCCCP(CC)CC. The van der Waals surface area contributed by atoms with E-state index in [0.717, 1.165) is 0 Å². The topological polar surface area (TPSA) is 0 Å². The second-order valence-electron chi connectivity index (χ2n) is 2.38. The zero-order valence-corrected chi connectivity index (χ0v) is 7.88. The Labute approximate surface area is 60.8 Å². The van der Waals surface area contributed by atoms with E-state index in [4.69, 9.17) is 0 Å². The smallest absolute Gasteiger partial charge is 0.0326 e. The lowest BCUT2D eigenvalue weighted by atomic mass is 10.4. The highest BCUT2D eigenvalue weighted by Gasteiger charge is 1.98.